The van der Waals surface area contributed by atoms with Crippen molar-refractivity contribution in [3.8, 4) is 11.9 Å². The second-order valence-corrected chi connectivity index (χ2v) is 6.50. The maximum absolute atomic E-state index is 9.38. The topological polar surface area (TPSA) is 78.2 Å². The van der Waals surface area contributed by atoms with E-state index in [0.29, 0.717) is 17.5 Å². The third-order valence-corrected chi connectivity index (χ3v) is 4.50. The monoisotopic (exact) mass is 337 g/mol. The normalized spacial score (nSPS) is 20.4. The summed E-state index contributed by atoms with van der Waals surface area (Å²) >= 11 is 0. The molecular weight excluding hydrogens is 314 g/mol. The van der Waals surface area contributed by atoms with E-state index in [1.807, 2.05) is 43.3 Å². The van der Waals surface area contributed by atoms with E-state index < -0.39 is 0 Å². The molecule has 0 spiro atoms. The average molecular weight is 337 g/mol. The fourth-order valence-electron chi connectivity index (χ4n) is 2.98. The molecule has 5 heteroatoms. The Balaban J connectivity index is 1.70. The first-order chi connectivity index (χ1) is 12.2. The number of ether oxygens (including phenoxy) is 1. The van der Waals surface area contributed by atoms with Crippen molar-refractivity contribution in [2.75, 3.05) is 6.54 Å². The van der Waals surface area contributed by atoms with E-state index in [1.165, 1.54) is 0 Å². The molecule has 2 N–H and O–H groups in total. The van der Waals surface area contributed by atoms with Gasteiger partial charge < -0.3 is 15.2 Å². The molecule has 1 aliphatic carbocycles. The molecular formula is C20H23N3O2. The van der Waals surface area contributed by atoms with Crippen LogP contribution in [0.15, 0.2) is 42.5 Å². The summed E-state index contributed by atoms with van der Waals surface area (Å²) in [5.74, 6) is 0.385. The first kappa shape index (κ1) is 17.4. The quantitative estimate of drug-likeness (QED) is 0.812. The van der Waals surface area contributed by atoms with Crippen molar-refractivity contribution in [3.05, 3.63) is 59.3 Å². The zero-order valence-electron chi connectivity index (χ0n) is 14.4. The predicted octanol–water partition coefficient (Wildman–Crippen LogP) is 2.88. The molecule has 1 fully saturated rings. The van der Waals surface area contributed by atoms with Crippen molar-refractivity contribution in [1.29, 1.82) is 5.26 Å². The van der Waals surface area contributed by atoms with Crippen molar-refractivity contribution in [1.82, 2.24) is 10.3 Å². The van der Waals surface area contributed by atoms with Gasteiger partial charge in [-0.25, -0.2) is 4.98 Å². The number of aryl methyl sites for hydroxylation is 1. The summed E-state index contributed by atoms with van der Waals surface area (Å²) in [5.41, 5.74) is 2.33. The van der Waals surface area contributed by atoms with Gasteiger partial charge in [-0.05, 0) is 44.0 Å². The number of nitrogens with zero attached hydrogens (tertiary/aromatic N) is 2. The van der Waals surface area contributed by atoms with E-state index in [9.17, 15) is 10.4 Å². The minimum Gasteiger partial charge on any atom is -0.468 e. The number of aromatic nitrogens is 1. The Morgan fingerprint density at radius 3 is 2.72 bits per heavy atom. The van der Waals surface area contributed by atoms with Crippen LogP contribution in [-0.2, 0) is 0 Å². The van der Waals surface area contributed by atoms with Crippen molar-refractivity contribution in [3.63, 3.8) is 0 Å². The van der Waals surface area contributed by atoms with Crippen LogP contribution in [0.5, 0.6) is 5.88 Å². The molecule has 2 aromatic rings. The van der Waals surface area contributed by atoms with Gasteiger partial charge >= 0.3 is 0 Å². The first-order valence-corrected chi connectivity index (χ1v) is 8.66. The third kappa shape index (κ3) is 4.56. The van der Waals surface area contributed by atoms with E-state index in [-0.39, 0.29) is 12.2 Å². The zero-order chi connectivity index (χ0) is 17.6. The molecule has 0 radical (unpaired) electrons. The number of rotatable bonds is 7. The van der Waals surface area contributed by atoms with E-state index in [0.717, 1.165) is 37.1 Å². The fourth-order valence-corrected chi connectivity index (χ4v) is 2.98. The third-order valence-electron chi connectivity index (χ3n) is 4.50. The summed E-state index contributed by atoms with van der Waals surface area (Å²) in [7, 11) is 0. The average Bonchev–Trinajstić information content (AvgIpc) is 2.60. The van der Waals surface area contributed by atoms with Crippen LogP contribution in [-0.4, -0.2) is 28.8 Å². The second-order valence-electron chi connectivity index (χ2n) is 6.50. The van der Waals surface area contributed by atoms with Crippen LogP contribution in [0.3, 0.4) is 0 Å². The highest BCUT2D eigenvalue weighted by molar-refractivity contribution is 5.39. The molecule has 0 aliphatic heterocycles. The SMILES string of the molecule is Cc1ccc(C#N)c(O[C@H](CCN[C@H]2C[C@@H](O)C2)c2ccccc2)n1. The lowest BCUT2D eigenvalue weighted by Crippen LogP contribution is -2.44. The van der Waals surface area contributed by atoms with Crippen molar-refractivity contribution in [2.24, 2.45) is 0 Å². The van der Waals surface area contributed by atoms with Crippen LogP contribution in [0.2, 0.25) is 0 Å². The van der Waals surface area contributed by atoms with Crippen LogP contribution in [0.25, 0.3) is 0 Å². The highest BCUT2D eigenvalue weighted by Gasteiger charge is 2.26. The van der Waals surface area contributed by atoms with Gasteiger partial charge in [0.15, 0.2) is 0 Å². The standard InChI is InChI=1S/C20H23N3O2/c1-14-7-8-16(13-21)20(23-14)25-19(15-5-3-2-4-6-15)9-10-22-17-11-18(24)12-17/h2-8,17-19,22,24H,9-12H2,1H3/t17-,18+,19-/m1/s1. The van der Waals surface area contributed by atoms with Crippen molar-refractivity contribution < 1.29 is 9.84 Å². The molecule has 1 aliphatic rings. The molecule has 1 saturated carbocycles. The van der Waals surface area contributed by atoms with E-state index in [2.05, 4.69) is 16.4 Å². The maximum atomic E-state index is 9.38. The van der Waals surface area contributed by atoms with Crippen LogP contribution < -0.4 is 10.1 Å². The second kappa shape index (κ2) is 8.11. The lowest BCUT2D eigenvalue weighted by molar-refractivity contribution is 0.0609. The van der Waals surface area contributed by atoms with E-state index >= 15 is 0 Å². The summed E-state index contributed by atoms with van der Waals surface area (Å²) < 4.78 is 6.13. The van der Waals surface area contributed by atoms with Crippen molar-refractivity contribution in [2.45, 2.75) is 44.4 Å². The Morgan fingerprint density at radius 2 is 2.04 bits per heavy atom. The minimum atomic E-state index is -0.180. The Morgan fingerprint density at radius 1 is 1.28 bits per heavy atom. The Kier molecular flexibility index (Phi) is 5.64. The van der Waals surface area contributed by atoms with Gasteiger partial charge in [-0.15, -0.1) is 0 Å². The lowest BCUT2D eigenvalue weighted by atomic mass is 9.89. The minimum absolute atomic E-state index is 0.159. The summed E-state index contributed by atoms with van der Waals surface area (Å²) in [5, 5.41) is 22.1. The molecule has 1 aromatic heterocycles. The maximum Gasteiger partial charge on any atom is 0.232 e. The smallest absolute Gasteiger partial charge is 0.232 e. The number of aliphatic hydroxyl groups is 1. The summed E-state index contributed by atoms with van der Waals surface area (Å²) in [4.78, 5) is 4.39. The molecule has 0 amide bonds. The van der Waals surface area contributed by atoms with Gasteiger partial charge in [0.25, 0.3) is 0 Å². The number of nitriles is 1. The van der Waals surface area contributed by atoms with Gasteiger partial charge in [-0.1, -0.05) is 30.3 Å². The van der Waals surface area contributed by atoms with Gasteiger partial charge in [0.05, 0.1) is 6.10 Å². The van der Waals surface area contributed by atoms with Crippen LogP contribution in [0.4, 0.5) is 0 Å². The first-order valence-electron chi connectivity index (χ1n) is 8.66. The molecule has 130 valence electrons. The molecule has 3 rings (SSSR count). The van der Waals surface area contributed by atoms with Crippen molar-refractivity contribution >= 4 is 0 Å². The predicted molar refractivity (Wildman–Crippen MR) is 95.1 cm³/mol. The molecule has 0 unspecified atom stereocenters. The summed E-state index contributed by atoms with van der Waals surface area (Å²) in [6.07, 6.45) is 2.05. The molecule has 1 heterocycles. The van der Waals surface area contributed by atoms with E-state index in [4.69, 9.17) is 4.74 Å². The number of nitrogens with one attached hydrogen (secondary N) is 1. The van der Waals surface area contributed by atoms with Crippen LogP contribution in [0.1, 0.15) is 42.2 Å². The largest absolute Gasteiger partial charge is 0.468 e. The Labute approximate surface area is 148 Å². The summed E-state index contributed by atoms with van der Waals surface area (Å²) in [6.45, 7) is 2.67. The Bertz CT molecular complexity index is 736. The molecule has 25 heavy (non-hydrogen) atoms. The van der Waals surface area contributed by atoms with Gasteiger partial charge in [-0.3, -0.25) is 0 Å². The molecule has 5 nitrogen and oxygen atoms in total. The number of benzene rings is 1. The molecule has 1 atom stereocenters. The molecule has 0 saturated heterocycles. The summed E-state index contributed by atoms with van der Waals surface area (Å²) in [6, 6.07) is 16.1. The van der Waals surface area contributed by atoms with Gasteiger partial charge in [-0.2, -0.15) is 5.26 Å². The fraction of sp³-hybridized carbons (Fsp3) is 0.400. The highest BCUT2D eigenvalue weighted by atomic mass is 16.5. The molecule has 0 bridgehead atoms. The lowest BCUT2D eigenvalue weighted by Gasteiger charge is -2.32. The van der Waals surface area contributed by atoms with Crippen LogP contribution in [0, 0.1) is 18.3 Å². The van der Waals surface area contributed by atoms with Gasteiger partial charge in [0.2, 0.25) is 5.88 Å². The highest BCUT2D eigenvalue weighted by Crippen LogP contribution is 2.26. The number of aliphatic hydroxyl groups excluding tert-OH is 1. The number of hydrogen-bond donors (Lipinski definition) is 2. The van der Waals surface area contributed by atoms with Gasteiger partial charge in [0.1, 0.15) is 17.7 Å². The Hall–Kier alpha value is -2.42. The molecule has 1 aromatic carbocycles. The van der Waals surface area contributed by atoms with Crippen LogP contribution >= 0.6 is 0 Å². The van der Waals surface area contributed by atoms with E-state index in [1.54, 1.807) is 6.07 Å². The number of hydrogen-bond acceptors (Lipinski definition) is 5. The number of pyridine rings is 1. The van der Waals surface area contributed by atoms with Gasteiger partial charge in [0, 0.05) is 18.2 Å². The zero-order valence-corrected chi connectivity index (χ0v) is 14.4.